The van der Waals surface area contributed by atoms with Gasteiger partial charge in [-0.3, -0.25) is 0 Å². The summed E-state index contributed by atoms with van der Waals surface area (Å²) in [6.07, 6.45) is 8.70. The van der Waals surface area contributed by atoms with Crippen molar-refractivity contribution in [1.82, 2.24) is 5.32 Å². The minimum atomic E-state index is 0.370. The first-order chi connectivity index (χ1) is 9.68. The Morgan fingerprint density at radius 2 is 1.50 bits per heavy atom. The largest absolute Gasteiger partial charge is 0.508 e. The molecule has 0 aromatic heterocycles. The summed E-state index contributed by atoms with van der Waals surface area (Å²) in [5, 5.41) is 13.1. The highest BCUT2D eigenvalue weighted by molar-refractivity contribution is 5.30. The number of phenolic OH excluding ortho intramolecular Hbond substituents is 1. The van der Waals surface area contributed by atoms with Crippen LogP contribution in [0.3, 0.4) is 0 Å². The van der Waals surface area contributed by atoms with Crippen LogP contribution in [0.5, 0.6) is 5.75 Å². The summed E-state index contributed by atoms with van der Waals surface area (Å²) in [4.78, 5) is 0. The minimum Gasteiger partial charge on any atom is -0.508 e. The fraction of sp³-hybridized carbons (Fsp3) is 0.667. The molecule has 2 N–H and O–H groups in total. The Kier molecular flexibility index (Phi) is 2.85. The summed E-state index contributed by atoms with van der Waals surface area (Å²) in [5.74, 6) is 3.31. The van der Waals surface area contributed by atoms with Crippen molar-refractivity contribution in [2.24, 2.45) is 23.2 Å². The Morgan fingerprint density at radius 1 is 1.00 bits per heavy atom. The van der Waals surface area contributed by atoms with Crippen LogP contribution in [0, 0.1) is 23.2 Å². The van der Waals surface area contributed by atoms with Crippen LogP contribution >= 0.6 is 0 Å². The minimum absolute atomic E-state index is 0.370. The number of nitrogens with one attached hydrogen (secondary N) is 1. The van der Waals surface area contributed by atoms with Gasteiger partial charge in [-0.2, -0.15) is 0 Å². The van der Waals surface area contributed by atoms with Crippen LogP contribution in [0.2, 0.25) is 0 Å². The maximum atomic E-state index is 9.52. The van der Waals surface area contributed by atoms with Crippen molar-refractivity contribution < 1.29 is 5.11 Å². The molecule has 2 nitrogen and oxygen atoms in total. The molecule has 20 heavy (non-hydrogen) atoms. The van der Waals surface area contributed by atoms with Gasteiger partial charge in [0.1, 0.15) is 5.75 Å². The number of rotatable bonds is 3. The number of hydrogen-bond acceptors (Lipinski definition) is 2. The smallest absolute Gasteiger partial charge is 0.115 e. The van der Waals surface area contributed by atoms with E-state index in [1.807, 2.05) is 12.1 Å². The van der Waals surface area contributed by atoms with Gasteiger partial charge in [-0.1, -0.05) is 12.1 Å². The molecule has 0 amide bonds. The SMILES string of the molecule is CNC(c1ccc(O)cc1)C12CC3CC(CC(C3)C1)C2. The molecule has 4 aliphatic rings. The number of hydrogen-bond donors (Lipinski definition) is 2. The number of benzene rings is 1. The number of aromatic hydroxyl groups is 1. The van der Waals surface area contributed by atoms with Crippen LogP contribution < -0.4 is 5.32 Å². The summed E-state index contributed by atoms with van der Waals surface area (Å²) in [6, 6.07) is 8.33. The first kappa shape index (κ1) is 12.7. The fourth-order valence-corrected chi connectivity index (χ4v) is 6.02. The van der Waals surface area contributed by atoms with E-state index in [1.54, 1.807) is 0 Å². The molecule has 1 unspecified atom stereocenters. The fourth-order valence-electron chi connectivity index (χ4n) is 6.02. The van der Waals surface area contributed by atoms with Gasteiger partial charge in [0.2, 0.25) is 0 Å². The topological polar surface area (TPSA) is 32.3 Å². The lowest BCUT2D eigenvalue weighted by Gasteiger charge is -2.59. The molecule has 2 heteroatoms. The molecule has 5 rings (SSSR count). The van der Waals surface area contributed by atoms with E-state index in [4.69, 9.17) is 0 Å². The Morgan fingerprint density at radius 3 is 1.95 bits per heavy atom. The lowest BCUT2D eigenvalue weighted by atomic mass is 9.47. The van der Waals surface area contributed by atoms with Crippen LogP contribution in [0.4, 0.5) is 0 Å². The van der Waals surface area contributed by atoms with E-state index in [-0.39, 0.29) is 0 Å². The summed E-state index contributed by atoms with van der Waals surface area (Å²) >= 11 is 0. The molecule has 108 valence electrons. The zero-order valence-corrected chi connectivity index (χ0v) is 12.3. The van der Waals surface area contributed by atoms with Gasteiger partial charge in [-0.25, -0.2) is 0 Å². The zero-order valence-electron chi connectivity index (χ0n) is 12.3. The van der Waals surface area contributed by atoms with Gasteiger partial charge in [0.15, 0.2) is 0 Å². The molecule has 1 atom stereocenters. The van der Waals surface area contributed by atoms with Crippen molar-refractivity contribution in [3.8, 4) is 5.75 Å². The number of phenols is 1. The van der Waals surface area contributed by atoms with Crippen LogP contribution in [-0.4, -0.2) is 12.2 Å². The predicted octanol–water partition coefficient (Wildman–Crippen LogP) is 3.87. The molecule has 4 saturated carbocycles. The Labute approximate surface area is 121 Å². The van der Waals surface area contributed by atoms with Crippen LogP contribution in [0.15, 0.2) is 24.3 Å². The second kappa shape index (κ2) is 4.49. The monoisotopic (exact) mass is 271 g/mol. The van der Waals surface area contributed by atoms with Crippen molar-refractivity contribution in [3.63, 3.8) is 0 Å². The van der Waals surface area contributed by atoms with Gasteiger partial charge >= 0.3 is 0 Å². The summed E-state index contributed by atoms with van der Waals surface area (Å²) in [7, 11) is 2.11. The lowest BCUT2D eigenvalue weighted by Crippen LogP contribution is -2.51. The van der Waals surface area contributed by atoms with E-state index in [2.05, 4.69) is 24.5 Å². The first-order valence-corrected chi connectivity index (χ1v) is 8.15. The van der Waals surface area contributed by atoms with Crippen molar-refractivity contribution in [3.05, 3.63) is 29.8 Å². The van der Waals surface area contributed by atoms with Crippen molar-refractivity contribution in [2.45, 2.75) is 44.6 Å². The average Bonchev–Trinajstić information content (AvgIpc) is 2.40. The molecule has 4 fully saturated rings. The van der Waals surface area contributed by atoms with E-state index in [0.29, 0.717) is 17.2 Å². The van der Waals surface area contributed by atoms with Crippen molar-refractivity contribution in [1.29, 1.82) is 0 Å². The lowest BCUT2D eigenvalue weighted by molar-refractivity contribution is -0.0736. The average molecular weight is 271 g/mol. The summed E-state index contributed by atoms with van der Waals surface area (Å²) in [5.41, 5.74) is 1.83. The van der Waals surface area contributed by atoms with Gasteiger partial charge in [-0.15, -0.1) is 0 Å². The maximum absolute atomic E-state index is 9.52. The molecule has 1 aromatic carbocycles. The molecular formula is C18H25NO. The Hall–Kier alpha value is -1.02. The third-order valence-corrected chi connectivity index (χ3v) is 6.21. The van der Waals surface area contributed by atoms with Gasteiger partial charge in [-0.05, 0) is 86.4 Å². The van der Waals surface area contributed by atoms with Gasteiger partial charge in [0.05, 0.1) is 0 Å². The molecule has 1 aromatic rings. The second-order valence-electron chi connectivity index (χ2n) is 7.59. The third-order valence-electron chi connectivity index (χ3n) is 6.21. The quantitative estimate of drug-likeness (QED) is 0.874. The Bertz CT molecular complexity index is 457. The van der Waals surface area contributed by atoms with E-state index >= 15 is 0 Å². The maximum Gasteiger partial charge on any atom is 0.115 e. The van der Waals surface area contributed by atoms with Crippen molar-refractivity contribution in [2.75, 3.05) is 7.05 Å². The van der Waals surface area contributed by atoms with E-state index < -0.39 is 0 Å². The highest BCUT2D eigenvalue weighted by Gasteiger charge is 2.54. The first-order valence-electron chi connectivity index (χ1n) is 8.15. The molecule has 0 heterocycles. The third kappa shape index (κ3) is 1.88. The van der Waals surface area contributed by atoms with Gasteiger partial charge in [0.25, 0.3) is 0 Å². The molecule has 4 bridgehead atoms. The van der Waals surface area contributed by atoms with Crippen molar-refractivity contribution >= 4 is 0 Å². The van der Waals surface area contributed by atoms with E-state index in [0.717, 1.165) is 17.8 Å². The molecule has 4 aliphatic carbocycles. The highest BCUT2D eigenvalue weighted by Crippen LogP contribution is 2.63. The molecule has 0 saturated heterocycles. The Balaban J connectivity index is 1.68. The van der Waals surface area contributed by atoms with Gasteiger partial charge < -0.3 is 10.4 Å². The van der Waals surface area contributed by atoms with Gasteiger partial charge in [0, 0.05) is 6.04 Å². The van der Waals surface area contributed by atoms with Crippen LogP contribution in [0.1, 0.15) is 50.1 Å². The van der Waals surface area contributed by atoms with Crippen LogP contribution in [0.25, 0.3) is 0 Å². The highest BCUT2D eigenvalue weighted by atomic mass is 16.3. The summed E-state index contributed by atoms with van der Waals surface area (Å²) in [6.45, 7) is 0. The molecule has 0 spiro atoms. The van der Waals surface area contributed by atoms with Crippen LogP contribution in [-0.2, 0) is 0 Å². The second-order valence-corrected chi connectivity index (χ2v) is 7.59. The normalized spacial score (nSPS) is 40.0. The molecule has 0 radical (unpaired) electrons. The predicted molar refractivity (Wildman–Crippen MR) is 80.5 cm³/mol. The standard InChI is InChI=1S/C18H25NO/c1-19-17(15-2-4-16(20)5-3-15)18-9-12-6-13(10-18)8-14(7-12)11-18/h2-5,12-14,17,19-20H,6-11H2,1H3. The molecular weight excluding hydrogens is 246 g/mol. The van der Waals surface area contributed by atoms with E-state index in [9.17, 15) is 5.11 Å². The summed E-state index contributed by atoms with van der Waals surface area (Å²) < 4.78 is 0. The van der Waals surface area contributed by atoms with E-state index in [1.165, 1.54) is 44.1 Å². The zero-order chi connectivity index (χ0) is 13.7. The molecule has 0 aliphatic heterocycles.